The van der Waals surface area contributed by atoms with Crippen LogP contribution in [0.25, 0.3) is 0 Å². The molecule has 0 saturated heterocycles. The summed E-state index contributed by atoms with van der Waals surface area (Å²) >= 11 is 0. The highest BCUT2D eigenvalue weighted by molar-refractivity contribution is 5.23. The van der Waals surface area contributed by atoms with Gasteiger partial charge in [0.1, 0.15) is 6.79 Å². The first kappa shape index (κ1) is 19.0. The third kappa shape index (κ3) is 2.81. The van der Waals surface area contributed by atoms with Gasteiger partial charge in [-0.1, -0.05) is 31.9 Å². The topological polar surface area (TPSA) is 38.7 Å². The Morgan fingerprint density at radius 3 is 2.73 bits per heavy atom. The lowest BCUT2D eigenvalue weighted by atomic mass is 9.44. The summed E-state index contributed by atoms with van der Waals surface area (Å²) in [7, 11) is 1.66. The fourth-order valence-corrected chi connectivity index (χ4v) is 7.68. The van der Waals surface area contributed by atoms with Gasteiger partial charge >= 0.3 is 0 Å². The lowest BCUT2D eigenvalue weighted by Crippen LogP contribution is -2.57. The van der Waals surface area contributed by atoms with E-state index >= 15 is 0 Å². The van der Waals surface area contributed by atoms with Crippen molar-refractivity contribution in [1.29, 1.82) is 0 Å². The summed E-state index contributed by atoms with van der Waals surface area (Å²) in [5.74, 6) is 2.99. The molecule has 148 valence electrons. The molecule has 0 radical (unpaired) electrons. The van der Waals surface area contributed by atoms with E-state index in [9.17, 15) is 5.11 Å². The Morgan fingerprint density at radius 2 is 2.00 bits per heavy atom. The summed E-state index contributed by atoms with van der Waals surface area (Å²) in [4.78, 5) is 0. The van der Waals surface area contributed by atoms with E-state index in [1.807, 2.05) is 0 Å². The predicted molar refractivity (Wildman–Crippen MR) is 104 cm³/mol. The van der Waals surface area contributed by atoms with Crippen LogP contribution < -0.4 is 0 Å². The van der Waals surface area contributed by atoms with Gasteiger partial charge in [0.2, 0.25) is 0 Å². The highest BCUT2D eigenvalue weighted by Gasteiger charge is 2.60. The van der Waals surface area contributed by atoms with Crippen molar-refractivity contribution in [1.82, 2.24) is 0 Å². The van der Waals surface area contributed by atoms with Crippen molar-refractivity contribution in [2.24, 2.45) is 34.5 Å². The molecule has 4 aliphatic rings. The molecule has 0 aromatic rings. The van der Waals surface area contributed by atoms with Crippen LogP contribution in [-0.2, 0) is 9.47 Å². The molecule has 8 unspecified atom stereocenters. The molecular weight excluding hydrogens is 324 g/mol. The zero-order chi connectivity index (χ0) is 18.5. The van der Waals surface area contributed by atoms with Crippen molar-refractivity contribution in [3.05, 3.63) is 11.6 Å². The van der Waals surface area contributed by atoms with E-state index in [1.54, 1.807) is 12.7 Å². The minimum atomic E-state index is -0.351. The molecule has 4 saturated carbocycles. The van der Waals surface area contributed by atoms with E-state index in [0.717, 1.165) is 30.6 Å². The minimum Gasteiger partial charge on any atom is -0.390 e. The quantitative estimate of drug-likeness (QED) is 0.571. The second-order valence-corrected chi connectivity index (χ2v) is 10.2. The molecule has 26 heavy (non-hydrogen) atoms. The Morgan fingerprint density at radius 1 is 1.19 bits per heavy atom. The lowest BCUT2D eigenvalue weighted by Gasteiger charge is -2.62. The van der Waals surface area contributed by atoms with Crippen LogP contribution in [0.15, 0.2) is 11.6 Å². The van der Waals surface area contributed by atoms with Gasteiger partial charge in [-0.2, -0.15) is 0 Å². The van der Waals surface area contributed by atoms with Crippen LogP contribution in [0.1, 0.15) is 72.1 Å². The number of hydrogen-bond donors (Lipinski definition) is 1. The molecule has 4 aliphatic carbocycles. The van der Waals surface area contributed by atoms with E-state index < -0.39 is 0 Å². The summed E-state index contributed by atoms with van der Waals surface area (Å²) in [6.07, 6.45) is 12.1. The van der Waals surface area contributed by atoms with Crippen LogP contribution in [0.4, 0.5) is 0 Å². The first-order valence-corrected chi connectivity index (χ1v) is 10.9. The highest BCUT2D eigenvalue weighted by atomic mass is 16.7. The molecule has 3 heteroatoms. The fourth-order valence-electron chi connectivity index (χ4n) is 7.68. The molecule has 3 nitrogen and oxygen atoms in total. The van der Waals surface area contributed by atoms with Crippen molar-refractivity contribution < 1.29 is 14.6 Å². The van der Waals surface area contributed by atoms with Gasteiger partial charge in [0.25, 0.3) is 0 Å². The third-order valence-corrected chi connectivity index (χ3v) is 9.11. The monoisotopic (exact) mass is 362 g/mol. The van der Waals surface area contributed by atoms with Gasteiger partial charge in [0.15, 0.2) is 0 Å². The molecule has 0 aliphatic heterocycles. The highest BCUT2D eigenvalue weighted by Crippen LogP contribution is 2.67. The van der Waals surface area contributed by atoms with Crippen LogP contribution in [-0.4, -0.2) is 31.2 Å². The maximum absolute atomic E-state index is 10.9. The van der Waals surface area contributed by atoms with E-state index in [0.29, 0.717) is 11.3 Å². The number of aliphatic hydroxyl groups excluding tert-OH is 1. The number of methoxy groups -OCH3 is 1. The van der Waals surface area contributed by atoms with Crippen LogP contribution in [0.5, 0.6) is 0 Å². The Balaban J connectivity index is 1.63. The molecule has 0 aromatic carbocycles. The van der Waals surface area contributed by atoms with Crippen molar-refractivity contribution >= 4 is 0 Å². The van der Waals surface area contributed by atoms with Gasteiger partial charge < -0.3 is 14.6 Å². The molecular formula is C23H38O3. The summed E-state index contributed by atoms with van der Waals surface area (Å²) in [6, 6.07) is 0. The van der Waals surface area contributed by atoms with Crippen LogP contribution >= 0.6 is 0 Å². The van der Waals surface area contributed by atoms with Gasteiger partial charge in [-0.05, 0) is 86.4 Å². The third-order valence-electron chi connectivity index (χ3n) is 9.11. The Bertz CT molecular complexity index is 558. The smallest absolute Gasteiger partial charge is 0.146 e. The number of ether oxygens (including phenoxy) is 2. The second kappa shape index (κ2) is 6.90. The molecule has 4 rings (SSSR count). The van der Waals surface area contributed by atoms with Gasteiger partial charge in [0.05, 0.1) is 12.2 Å². The van der Waals surface area contributed by atoms with Gasteiger partial charge in [-0.25, -0.2) is 0 Å². The normalized spacial score (nSPS) is 52.4. The van der Waals surface area contributed by atoms with Crippen LogP contribution in [0, 0.1) is 34.5 Å². The van der Waals surface area contributed by atoms with Crippen LogP contribution in [0.2, 0.25) is 0 Å². The number of aliphatic hydroxyl groups is 1. The number of hydrogen-bond acceptors (Lipinski definition) is 3. The zero-order valence-corrected chi connectivity index (χ0v) is 17.2. The van der Waals surface area contributed by atoms with Crippen molar-refractivity contribution in [2.45, 2.75) is 84.3 Å². The largest absolute Gasteiger partial charge is 0.390 e. The molecule has 0 amide bonds. The van der Waals surface area contributed by atoms with Crippen molar-refractivity contribution in [3.63, 3.8) is 0 Å². The summed E-state index contributed by atoms with van der Waals surface area (Å²) < 4.78 is 10.9. The second-order valence-electron chi connectivity index (χ2n) is 10.2. The first-order valence-electron chi connectivity index (χ1n) is 10.9. The predicted octanol–water partition coefficient (Wildman–Crippen LogP) is 4.94. The minimum absolute atomic E-state index is 0.0666. The molecule has 0 spiro atoms. The van der Waals surface area contributed by atoms with Crippen molar-refractivity contribution in [2.75, 3.05) is 13.9 Å². The maximum Gasteiger partial charge on any atom is 0.146 e. The summed E-state index contributed by atoms with van der Waals surface area (Å²) in [5, 5.41) is 10.9. The molecule has 0 bridgehead atoms. The summed E-state index contributed by atoms with van der Waals surface area (Å²) in [6.45, 7) is 7.60. The van der Waals surface area contributed by atoms with Gasteiger partial charge in [-0.3, -0.25) is 0 Å². The van der Waals surface area contributed by atoms with Gasteiger partial charge in [-0.15, -0.1) is 0 Å². The van der Waals surface area contributed by atoms with E-state index in [2.05, 4.69) is 26.8 Å². The Kier molecular flexibility index (Phi) is 5.03. The van der Waals surface area contributed by atoms with E-state index in [4.69, 9.17) is 9.47 Å². The van der Waals surface area contributed by atoms with Crippen molar-refractivity contribution in [3.8, 4) is 0 Å². The van der Waals surface area contributed by atoms with Crippen LogP contribution in [0.3, 0.4) is 0 Å². The first-order chi connectivity index (χ1) is 12.4. The van der Waals surface area contributed by atoms with E-state index in [1.165, 1.54) is 38.5 Å². The lowest BCUT2D eigenvalue weighted by molar-refractivity contribution is -0.179. The zero-order valence-electron chi connectivity index (χ0n) is 17.2. The maximum atomic E-state index is 10.9. The fraction of sp³-hybridized carbons (Fsp3) is 0.913. The molecule has 0 aromatic heterocycles. The average Bonchev–Trinajstić information content (AvgIpc) is 3.01. The molecule has 4 fully saturated rings. The summed E-state index contributed by atoms with van der Waals surface area (Å²) in [5.41, 5.74) is 2.54. The number of rotatable bonds is 3. The number of fused-ring (bicyclic) bond motifs is 5. The van der Waals surface area contributed by atoms with E-state index in [-0.39, 0.29) is 24.4 Å². The SMILES string of the molecule is CC=C1CC2CC(OCOC)C(O)CC2(C)C2CCC3(C)CCCC3C12. The Labute approximate surface area is 159 Å². The average molecular weight is 363 g/mol. The molecule has 1 N–H and O–H groups in total. The number of allylic oxidation sites excluding steroid dienone is 2. The molecule has 0 heterocycles. The molecule has 8 atom stereocenters. The van der Waals surface area contributed by atoms with Gasteiger partial charge in [0, 0.05) is 7.11 Å². The Hall–Kier alpha value is -0.380. The standard InChI is InChI=1S/C23H38O3/c1-5-15-11-16-12-20(26-14-25-4)19(24)13-23(16,3)18-8-10-22(2)9-6-7-17(22)21(15)18/h5,16-21,24H,6-14H2,1-4H3.